The van der Waals surface area contributed by atoms with Gasteiger partial charge in [0.05, 0.1) is 12.2 Å². The molecule has 1 heterocycles. The van der Waals surface area contributed by atoms with Gasteiger partial charge in [-0.05, 0) is 17.7 Å². The Labute approximate surface area is 102 Å². The van der Waals surface area contributed by atoms with Gasteiger partial charge in [-0.25, -0.2) is 13.5 Å². The molecule has 0 aliphatic carbocycles. The summed E-state index contributed by atoms with van der Waals surface area (Å²) < 4.78 is 27.3. The summed E-state index contributed by atoms with van der Waals surface area (Å²) in [5.41, 5.74) is 1.41. The molecule has 17 heavy (non-hydrogen) atoms. The molecular formula is C11H10ClF2N3. The largest absolute Gasteiger partial charge is 0.248 e. The first-order valence-electron chi connectivity index (χ1n) is 5.08. The Balaban J connectivity index is 2.11. The molecule has 0 radical (unpaired) electrons. The van der Waals surface area contributed by atoms with Crippen molar-refractivity contribution in [3.63, 3.8) is 0 Å². The van der Waals surface area contributed by atoms with Crippen LogP contribution in [0.5, 0.6) is 0 Å². The minimum Gasteiger partial charge on any atom is -0.248 e. The zero-order valence-electron chi connectivity index (χ0n) is 8.91. The van der Waals surface area contributed by atoms with Gasteiger partial charge in [0, 0.05) is 18.5 Å². The van der Waals surface area contributed by atoms with E-state index in [1.165, 1.54) is 6.07 Å². The van der Waals surface area contributed by atoms with E-state index in [2.05, 4.69) is 10.3 Å². The van der Waals surface area contributed by atoms with Crippen LogP contribution in [0.4, 0.5) is 8.78 Å². The van der Waals surface area contributed by atoms with E-state index >= 15 is 0 Å². The van der Waals surface area contributed by atoms with Crippen molar-refractivity contribution >= 4 is 11.6 Å². The molecule has 0 spiro atoms. The van der Waals surface area contributed by atoms with E-state index in [0.29, 0.717) is 24.4 Å². The number of nitrogens with zero attached hydrogens (tertiary/aromatic N) is 3. The quantitative estimate of drug-likeness (QED) is 0.788. The molecule has 0 N–H and O–H groups in total. The maximum absolute atomic E-state index is 13.0. The van der Waals surface area contributed by atoms with Crippen LogP contribution in [0.15, 0.2) is 24.4 Å². The molecule has 0 atom stereocenters. The van der Waals surface area contributed by atoms with Gasteiger partial charge in [0.2, 0.25) is 0 Å². The standard InChI is InChI=1S/C11H10ClF2N3/c12-4-3-9-7-17(16-15-9)6-8-1-2-10(13)11(14)5-8/h1-2,5,7H,3-4,6H2. The summed E-state index contributed by atoms with van der Waals surface area (Å²) in [6.45, 7) is 0.354. The SMILES string of the molecule is Fc1ccc(Cn2cc(CCCl)nn2)cc1F. The zero-order chi connectivity index (χ0) is 12.3. The molecule has 0 fully saturated rings. The molecule has 0 bridgehead atoms. The first-order chi connectivity index (χ1) is 8.19. The average molecular weight is 258 g/mol. The van der Waals surface area contributed by atoms with Crippen LogP contribution in [-0.4, -0.2) is 20.9 Å². The predicted octanol–water partition coefficient (Wildman–Crippen LogP) is 2.39. The molecule has 0 aliphatic heterocycles. The van der Waals surface area contributed by atoms with Crippen LogP contribution in [0.1, 0.15) is 11.3 Å². The highest BCUT2D eigenvalue weighted by molar-refractivity contribution is 6.17. The Kier molecular flexibility index (Phi) is 3.68. The molecule has 0 amide bonds. The first kappa shape index (κ1) is 12.0. The maximum Gasteiger partial charge on any atom is 0.159 e. The Hall–Kier alpha value is -1.49. The maximum atomic E-state index is 13.0. The van der Waals surface area contributed by atoms with Crippen LogP contribution in [-0.2, 0) is 13.0 Å². The van der Waals surface area contributed by atoms with Crippen LogP contribution < -0.4 is 0 Å². The minimum atomic E-state index is -0.858. The lowest BCUT2D eigenvalue weighted by Gasteiger charge is -2.01. The number of alkyl halides is 1. The number of hydrogen-bond acceptors (Lipinski definition) is 2. The molecule has 2 rings (SSSR count). The van der Waals surface area contributed by atoms with E-state index in [4.69, 9.17) is 11.6 Å². The van der Waals surface area contributed by atoms with E-state index in [9.17, 15) is 8.78 Å². The normalized spacial score (nSPS) is 10.8. The van der Waals surface area contributed by atoms with Crippen LogP contribution >= 0.6 is 11.6 Å². The summed E-state index contributed by atoms with van der Waals surface area (Å²) >= 11 is 5.58. The van der Waals surface area contributed by atoms with E-state index in [-0.39, 0.29) is 0 Å². The molecule has 3 nitrogen and oxygen atoms in total. The van der Waals surface area contributed by atoms with Crippen LogP contribution in [0.3, 0.4) is 0 Å². The van der Waals surface area contributed by atoms with Gasteiger partial charge in [-0.3, -0.25) is 0 Å². The molecule has 1 aromatic heterocycles. The number of aryl methyl sites for hydroxylation is 1. The lowest BCUT2D eigenvalue weighted by molar-refractivity contribution is 0.505. The lowest BCUT2D eigenvalue weighted by Crippen LogP contribution is -2.01. The first-order valence-corrected chi connectivity index (χ1v) is 5.61. The Morgan fingerprint density at radius 2 is 2.06 bits per heavy atom. The summed E-state index contributed by atoms with van der Waals surface area (Å²) in [5.74, 6) is -1.23. The van der Waals surface area contributed by atoms with Crippen LogP contribution in [0.2, 0.25) is 0 Å². The minimum absolute atomic E-state index is 0.354. The lowest BCUT2D eigenvalue weighted by atomic mass is 10.2. The highest BCUT2D eigenvalue weighted by Crippen LogP contribution is 2.10. The fourth-order valence-corrected chi connectivity index (χ4v) is 1.65. The van der Waals surface area contributed by atoms with E-state index in [1.807, 2.05) is 0 Å². The number of hydrogen-bond donors (Lipinski definition) is 0. The molecular weight excluding hydrogens is 248 g/mol. The van der Waals surface area contributed by atoms with Crippen molar-refractivity contribution in [1.82, 2.24) is 15.0 Å². The molecule has 1 aromatic carbocycles. The molecule has 0 saturated carbocycles. The monoisotopic (exact) mass is 257 g/mol. The second-order valence-corrected chi connectivity index (χ2v) is 3.97. The number of aromatic nitrogens is 3. The second-order valence-electron chi connectivity index (χ2n) is 3.59. The van der Waals surface area contributed by atoms with Crippen molar-refractivity contribution < 1.29 is 8.78 Å². The predicted molar refractivity (Wildman–Crippen MR) is 59.9 cm³/mol. The van der Waals surface area contributed by atoms with Gasteiger partial charge in [0.1, 0.15) is 0 Å². The van der Waals surface area contributed by atoms with Gasteiger partial charge in [-0.2, -0.15) is 0 Å². The van der Waals surface area contributed by atoms with E-state index in [0.717, 1.165) is 17.8 Å². The van der Waals surface area contributed by atoms with Crippen LogP contribution in [0, 0.1) is 11.6 Å². The summed E-state index contributed by atoms with van der Waals surface area (Å²) in [6, 6.07) is 3.76. The van der Waals surface area contributed by atoms with Gasteiger partial charge in [-0.15, -0.1) is 16.7 Å². The van der Waals surface area contributed by atoms with Crippen molar-refractivity contribution in [3.8, 4) is 0 Å². The summed E-state index contributed by atoms with van der Waals surface area (Å²) in [4.78, 5) is 0. The molecule has 0 aliphatic rings. The van der Waals surface area contributed by atoms with E-state index < -0.39 is 11.6 Å². The Morgan fingerprint density at radius 3 is 2.76 bits per heavy atom. The molecule has 2 aromatic rings. The number of rotatable bonds is 4. The van der Waals surface area contributed by atoms with Crippen molar-refractivity contribution in [1.29, 1.82) is 0 Å². The third-order valence-electron chi connectivity index (χ3n) is 2.27. The van der Waals surface area contributed by atoms with Gasteiger partial charge < -0.3 is 0 Å². The number of halogens is 3. The average Bonchev–Trinajstić information content (AvgIpc) is 2.72. The fraction of sp³-hybridized carbons (Fsp3) is 0.273. The van der Waals surface area contributed by atoms with Gasteiger partial charge in [0.15, 0.2) is 11.6 Å². The summed E-state index contributed by atoms with van der Waals surface area (Å²) in [6.07, 6.45) is 2.38. The molecule has 90 valence electrons. The van der Waals surface area contributed by atoms with E-state index in [1.54, 1.807) is 10.9 Å². The van der Waals surface area contributed by atoms with Crippen LogP contribution in [0.25, 0.3) is 0 Å². The third kappa shape index (κ3) is 3.00. The highest BCUT2D eigenvalue weighted by atomic mass is 35.5. The highest BCUT2D eigenvalue weighted by Gasteiger charge is 2.05. The van der Waals surface area contributed by atoms with Gasteiger partial charge >= 0.3 is 0 Å². The van der Waals surface area contributed by atoms with Crippen molar-refractivity contribution in [2.24, 2.45) is 0 Å². The number of benzene rings is 1. The fourth-order valence-electron chi connectivity index (χ4n) is 1.45. The second kappa shape index (κ2) is 5.23. The van der Waals surface area contributed by atoms with Crippen molar-refractivity contribution in [2.45, 2.75) is 13.0 Å². The summed E-state index contributed by atoms with van der Waals surface area (Å²) in [7, 11) is 0. The molecule has 6 heteroatoms. The Bertz CT molecular complexity index is 513. The Morgan fingerprint density at radius 1 is 1.24 bits per heavy atom. The topological polar surface area (TPSA) is 30.7 Å². The van der Waals surface area contributed by atoms with Crippen molar-refractivity contribution in [2.75, 3.05) is 5.88 Å². The smallest absolute Gasteiger partial charge is 0.159 e. The van der Waals surface area contributed by atoms with Gasteiger partial charge in [-0.1, -0.05) is 11.3 Å². The molecule has 0 unspecified atom stereocenters. The molecule has 0 saturated heterocycles. The van der Waals surface area contributed by atoms with Gasteiger partial charge in [0.25, 0.3) is 0 Å². The third-order valence-corrected chi connectivity index (χ3v) is 2.45. The summed E-state index contributed by atoms with van der Waals surface area (Å²) in [5, 5.41) is 7.78. The zero-order valence-corrected chi connectivity index (χ0v) is 9.66. The van der Waals surface area contributed by atoms with Crippen molar-refractivity contribution in [3.05, 3.63) is 47.3 Å².